The number of para-hydroxylation sites is 1. The summed E-state index contributed by atoms with van der Waals surface area (Å²) < 4.78 is 0. The molecule has 0 saturated carbocycles. The van der Waals surface area contributed by atoms with Crippen LogP contribution in [0.3, 0.4) is 0 Å². The largest absolute Gasteiger partial charge is 0.369 e. The molecular formula is C17H23ClN2S. The van der Waals surface area contributed by atoms with Gasteiger partial charge in [-0.05, 0) is 46.5 Å². The quantitative estimate of drug-likeness (QED) is 0.789. The monoisotopic (exact) mass is 322 g/mol. The second kappa shape index (κ2) is 7.83. The first-order valence-corrected chi connectivity index (χ1v) is 8.60. The molecule has 4 heteroatoms. The fourth-order valence-electron chi connectivity index (χ4n) is 2.36. The Morgan fingerprint density at radius 3 is 2.76 bits per heavy atom. The van der Waals surface area contributed by atoms with Crippen molar-refractivity contribution in [3.8, 4) is 0 Å². The van der Waals surface area contributed by atoms with Crippen LogP contribution < -0.4 is 10.2 Å². The van der Waals surface area contributed by atoms with Crippen LogP contribution in [0.4, 0.5) is 5.69 Å². The number of hydrogen-bond donors (Lipinski definition) is 1. The van der Waals surface area contributed by atoms with Crippen LogP contribution in [0.25, 0.3) is 0 Å². The summed E-state index contributed by atoms with van der Waals surface area (Å²) in [5, 5.41) is 8.61. The first kappa shape index (κ1) is 16.3. The average molecular weight is 323 g/mol. The lowest BCUT2D eigenvalue weighted by atomic mass is 10.1. The van der Waals surface area contributed by atoms with Gasteiger partial charge in [0, 0.05) is 20.1 Å². The minimum absolute atomic E-state index is 0.649. The van der Waals surface area contributed by atoms with Crippen LogP contribution in [0.1, 0.15) is 25.0 Å². The van der Waals surface area contributed by atoms with Crippen LogP contribution in [0, 0.1) is 5.92 Å². The van der Waals surface area contributed by atoms with Gasteiger partial charge in [0.05, 0.1) is 10.7 Å². The third-order valence-corrected chi connectivity index (χ3v) is 4.36. The topological polar surface area (TPSA) is 15.3 Å². The molecule has 1 aromatic heterocycles. The van der Waals surface area contributed by atoms with E-state index in [1.54, 1.807) is 11.3 Å². The Bertz CT molecular complexity index is 552. The summed E-state index contributed by atoms with van der Waals surface area (Å²) in [5.41, 5.74) is 3.70. The van der Waals surface area contributed by atoms with Gasteiger partial charge in [0.25, 0.3) is 0 Å². The summed E-state index contributed by atoms with van der Waals surface area (Å²) >= 11 is 8.17. The van der Waals surface area contributed by atoms with Crippen molar-refractivity contribution < 1.29 is 0 Å². The molecule has 1 heterocycles. The highest BCUT2D eigenvalue weighted by Gasteiger charge is 2.12. The molecule has 2 aromatic rings. The second-order valence-electron chi connectivity index (χ2n) is 5.76. The lowest BCUT2D eigenvalue weighted by Crippen LogP contribution is -2.23. The summed E-state index contributed by atoms with van der Waals surface area (Å²) in [4.78, 5) is 2.23. The molecule has 0 unspecified atom stereocenters. The van der Waals surface area contributed by atoms with Crippen LogP contribution in [-0.2, 0) is 13.1 Å². The maximum Gasteiger partial charge on any atom is 0.0642 e. The number of thiophene rings is 1. The smallest absolute Gasteiger partial charge is 0.0642 e. The summed E-state index contributed by atoms with van der Waals surface area (Å²) in [7, 11) is 2.10. The Labute approximate surface area is 136 Å². The van der Waals surface area contributed by atoms with E-state index in [0.29, 0.717) is 5.92 Å². The van der Waals surface area contributed by atoms with Crippen LogP contribution in [0.5, 0.6) is 0 Å². The molecule has 114 valence electrons. The van der Waals surface area contributed by atoms with Gasteiger partial charge in [-0.25, -0.2) is 0 Å². The minimum atomic E-state index is 0.649. The molecule has 0 amide bonds. The standard InChI is InChI=1S/C17H23ClN2S/c1-13(2)9-19-10-15-5-4-6-16(18)17(15)20(3)11-14-7-8-21-12-14/h4-8,12-13,19H,9-11H2,1-3H3. The number of nitrogens with zero attached hydrogens (tertiary/aromatic N) is 1. The van der Waals surface area contributed by atoms with Crippen LogP contribution in [0.15, 0.2) is 35.0 Å². The van der Waals surface area contributed by atoms with E-state index in [9.17, 15) is 0 Å². The Morgan fingerprint density at radius 2 is 2.10 bits per heavy atom. The van der Waals surface area contributed by atoms with Crippen molar-refractivity contribution in [1.29, 1.82) is 0 Å². The van der Waals surface area contributed by atoms with E-state index >= 15 is 0 Å². The van der Waals surface area contributed by atoms with Crippen LogP contribution in [0.2, 0.25) is 5.02 Å². The van der Waals surface area contributed by atoms with E-state index in [1.165, 1.54) is 11.1 Å². The normalized spacial score (nSPS) is 11.1. The number of rotatable bonds is 7. The van der Waals surface area contributed by atoms with Crippen molar-refractivity contribution in [2.24, 2.45) is 5.92 Å². The third kappa shape index (κ3) is 4.73. The van der Waals surface area contributed by atoms with Gasteiger partial charge in [-0.2, -0.15) is 11.3 Å². The Kier molecular flexibility index (Phi) is 6.09. The molecule has 1 aromatic carbocycles. The highest BCUT2D eigenvalue weighted by molar-refractivity contribution is 7.07. The zero-order valence-corrected chi connectivity index (χ0v) is 14.5. The summed E-state index contributed by atoms with van der Waals surface area (Å²) in [5.74, 6) is 0.649. The molecular weight excluding hydrogens is 300 g/mol. The first-order chi connectivity index (χ1) is 10.1. The number of benzene rings is 1. The lowest BCUT2D eigenvalue weighted by molar-refractivity contribution is 0.552. The van der Waals surface area contributed by atoms with E-state index in [1.807, 2.05) is 12.1 Å². The maximum absolute atomic E-state index is 6.44. The number of halogens is 1. The van der Waals surface area contributed by atoms with Crippen molar-refractivity contribution in [2.75, 3.05) is 18.5 Å². The van der Waals surface area contributed by atoms with Gasteiger partial charge in [0.15, 0.2) is 0 Å². The number of anilines is 1. The lowest BCUT2D eigenvalue weighted by Gasteiger charge is -2.24. The molecule has 1 N–H and O–H groups in total. The Morgan fingerprint density at radius 1 is 1.29 bits per heavy atom. The van der Waals surface area contributed by atoms with E-state index in [-0.39, 0.29) is 0 Å². The number of nitrogens with one attached hydrogen (secondary N) is 1. The molecule has 0 atom stereocenters. The molecule has 21 heavy (non-hydrogen) atoms. The fraction of sp³-hybridized carbons (Fsp3) is 0.412. The molecule has 0 aliphatic carbocycles. The average Bonchev–Trinajstić information content (AvgIpc) is 2.91. The van der Waals surface area contributed by atoms with E-state index in [4.69, 9.17) is 11.6 Å². The zero-order valence-electron chi connectivity index (χ0n) is 12.9. The van der Waals surface area contributed by atoms with Crippen LogP contribution in [-0.4, -0.2) is 13.6 Å². The van der Waals surface area contributed by atoms with Gasteiger partial charge >= 0.3 is 0 Å². The molecule has 0 spiro atoms. The van der Waals surface area contributed by atoms with E-state index < -0.39 is 0 Å². The molecule has 2 rings (SSSR count). The Hall–Kier alpha value is -1.03. The predicted octanol–water partition coefficient (Wildman–Crippen LogP) is 4.78. The maximum atomic E-state index is 6.44. The van der Waals surface area contributed by atoms with Gasteiger partial charge in [-0.3, -0.25) is 0 Å². The molecule has 0 aliphatic rings. The third-order valence-electron chi connectivity index (χ3n) is 3.32. The van der Waals surface area contributed by atoms with Crippen molar-refractivity contribution in [3.63, 3.8) is 0 Å². The van der Waals surface area contributed by atoms with Gasteiger partial charge in [-0.15, -0.1) is 0 Å². The Balaban J connectivity index is 2.12. The van der Waals surface area contributed by atoms with Gasteiger partial charge in [-0.1, -0.05) is 37.6 Å². The summed E-state index contributed by atoms with van der Waals surface area (Å²) in [6.07, 6.45) is 0. The van der Waals surface area contributed by atoms with Gasteiger partial charge < -0.3 is 10.2 Å². The highest BCUT2D eigenvalue weighted by atomic mass is 35.5. The molecule has 0 aliphatic heterocycles. The molecule has 0 bridgehead atoms. The first-order valence-electron chi connectivity index (χ1n) is 7.28. The van der Waals surface area contributed by atoms with Crippen molar-refractivity contribution >= 4 is 28.6 Å². The van der Waals surface area contributed by atoms with Crippen molar-refractivity contribution in [2.45, 2.75) is 26.9 Å². The molecule has 0 fully saturated rings. The van der Waals surface area contributed by atoms with E-state index in [0.717, 1.165) is 30.3 Å². The number of hydrogen-bond acceptors (Lipinski definition) is 3. The summed E-state index contributed by atoms with van der Waals surface area (Å²) in [6.45, 7) is 7.18. The SMILES string of the molecule is CC(C)CNCc1cccc(Cl)c1N(C)Cc1ccsc1. The molecule has 0 radical (unpaired) electrons. The van der Waals surface area contributed by atoms with Crippen LogP contribution >= 0.6 is 22.9 Å². The van der Waals surface area contributed by atoms with Crippen molar-refractivity contribution in [3.05, 3.63) is 51.2 Å². The molecule has 0 saturated heterocycles. The minimum Gasteiger partial charge on any atom is -0.369 e. The van der Waals surface area contributed by atoms with Gasteiger partial charge in [0.1, 0.15) is 0 Å². The van der Waals surface area contributed by atoms with Crippen molar-refractivity contribution in [1.82, 2.24) is 5.32 Å². The van der Waals surface area contributed by atoms with E-state index in [2.05, 4.69) is 54.0 Å². The second-order valence-corrected chi connectivity index (χ2v) is 6.95. The van der Waals surface area contributed by atoms with Gasteiger partial charge in [0.2, 0.25) is 0 Å². The highest BCUT2D eigenvalue weighted by Crippen LogP contribution is 2.30. The predicted molar refractivity (Wildman–Crippen MR) is 94.4 cm³/mol. The zero-order chi connectivity index (χ0) is 15.2. The molecule has 2 nitrogen and oxygen atoms in total. The summed E-state index contributed by atoms with van der Waals surface area (Å²) in [6, 6.07) is 8.30. The fourth-order valence-corrected chi connectivity index (χ4v) is 3.36.